The molecule has 4 rings (SSSR count). The van der Waals surface area contributed by atoms with Crippen LogP contribution in [0.2, 0.25) is 0 Å². The van der Waals surface area contributed by atoms with Crippen LogP contribution in [0, 0.1) is 23.2 Å². The van der Waals surface area contributed by atoms with Gasteiger partial charge in [0, 0.05) is 11.1 Å². The number of benzene rings is 4. The standard InChI is InChI=1S/C27H17N/c28-20-22-14-17-24(18-15-22)26-13-7-12-25(23-10-5-2-6-11-23)27(26)19-16-21-8-3-1-4-9-21/h1-15,17-18H. The number of nitriles is 1. The fourth-order valence-electron chi connectivity index (χ4n) is 3.17. The van der Waals surface area contributed by atoms with Crippen molar-refractivity contribution in [3.8, 4) is 40.2 Å². The lowest BCUT2D eigenvalue weighted by Gasteiger charge is -2.11. The fourth-order valence-corrected chi connectivity index (χ4v) is 3.17. The molecule has 0 saturated carbocycles. The van der Waals surface area contributed by atoms with Gasteiger partial charge in [-0.05, 0) is 46.5 Å². The van der Waals surface area contributed by atoms with Crippen molar-refractivity contribution >= 4 is 0 Å². The second kappa shape index (κ2) is 8.09. The lowest BCUT2D eigenvalue weighted by atomic mass is 9.91. The smallest absolute Gasteiger partial charge is 0.0991 e. The van der Waals surface area contributed by atoms with Crippen LogP contribution in [-0.4, -0.2) is 0 Å². The van der Waals surface area contributed by atoms with Crippen LogP contribution in [0.15, 0.2) is 103 Å². The first-order valence-corrected chi connectivity index (χ1v) is 9.11. The molecule has 130 valence electrons. The summed E-state index contributed by atoms with van der Waals surface area (Å²) in [4.78, 5) is 0. The van der Waals surface area contributed by atoms with Gasteiger partial charge < -0.3 is 0 Å². The van der Waals surface area contributed by atoms with Crippen molar-refractivity contribution in [1.29, 1.82) is 5.26 Å². The van der Waals surface area contributed by atoms with Gasteiger partial charge in [-0.2, -0.15) is 5.26 Å². The Balaban J connectivity index is 1.91. The van der Waals surface area contributed by atoms with E-state index in [0.29, 0.717) is 5.56 Å². The summed E-state index contributed by atoms with van der Waals surface area (Å²) in [7, 11) is 0. The van der Waals surface area contributed by atoms with E-state index in [1.807, 2.05) is 72.8 Å². The molecule has 0 N–H and O–H groups in total. The van der Waals surface area contributed by atoms with Crippen molar-refractivity contribution in [3.63, 3.8) is 0 Å². The zero-order valence-corrected chi connectivity index (χ0v) is 15.3. The third-order valence-electron chi connectivity index (χ3n) is 4.58. The van der Waals surface area contributed by atoms with E-state index in [2.05, 4.69) is 48.2 Å². The molecule has 0 aliphatic carbocycles. The molecule has 0 unspecified atom stereocenters. The number of hydrogen-bond acceptors (Lipinski definition) is 1. The van der Waals surface area contributed by atoms with Gasteiger partial charge in [-0.15, -0.1) is 0 Å². The number of hydrogen-bond donors (Lipinski definition) is 0. The van der Waals surface area contributed by atoms with Gasteiger partial charge in [0.05, 0.1) is 11.6 Å². The predicted octanol–water partition coefficient (Wildman–Crippen LogP) is 6.29. The Hall–Kier alpha value is -4.07. The molecule has 0 aliphatic rings. The van der Waals surface area contributed by atoms with Crippen molar-refractivity contribution in [2.24, 2.45) is 0 Å². The van der Waals surface area contributed by atoms with Gasteiger partial charge in [-0.25, -0.2) is 0 Å². The van der Waals surface area contributed by atoms with Crippen LogP contribution in [0.25, 0.3) is 22.3 Å². The van der Waals surface area contributed by atoms with Crippen molar-refractivity contribution in [2.75, 3.05) is 0 Å². The predicted molar refractivity (Wildman–Crippen MR) is 114 cm³/mol. The molecule has 0 bridgehead atoms. The van der Waals surface area contributed by atoms with Crippen LogP contribution in [0.3, 0.4) is 0 Å². The second-order valence-electron chi connectivity index (χ2n) is 6.40. The van der Waals surface area contributed by atoms with Crippen LogP contribution < -0.4 is 0 Å². The van der Waals surface area contributed by atoms with Gasteiger partial charge in [0.1, 0.15) is 0 Å². The van der Waals surface area contributed by atoms with Crippen molar-refractivity contribution in [3.05, 3.63) is 120 Å². The first-order chi connectivity index (χ1) is 13.8. The molecule has 1 heteroatoms. The Morgan fingerprint density at radius 1 is 0.464 bits per heavy atom. The first-order valence-electron chi connectivity index (χ1n) is 9.11. The van der Waals surface area contributed by atoms with Crippen LogP contribution in [0.1, 0.15) is 16.7 Å². The normalized spacial score (nSPS) is 9.82. The molecule has 0 fully saturated rings. The Kier molecular flexibility index (Phi) is 5.01. The Morgan fingerprint density at radius 3 is 1.64 bits per heavy atom. The maximum absolute atomic E-state index is 9.08. The zero-order valence-electron chi connectivity index (χ0n) is 15.3. The molecule has 28 heavy (non-hydrogen) atoms. The molecule has 4 aromatic carbocycles. The van der Waals surface area contributed by atoms with Gasteiger partial charge >= 0.3 is 0 Å². The van der Waals surface area contributed by atoms with Crippen molar-refractivity contribution in [2.45, 2.75) is 0 Å². The molecule has 0 heterocycles. The maximum atomic E-state index is 9.08. The highest BCUT2D eigenvalue weighted by Crippen LogP contribution is 2.32. The van der Waals surface area contributed by atoms with Crippen molar-refractivity contribution in [1.82, 2.24) is 0 Å². The van der Waals surface area contributed by atoms with E-state index in [9.17, 15) is 0 Å². The summed E-state index contributed by atoms with van der Waals surface area (Å²) in [5.41, 5.74) is 6.97. The minimum Gasteiger partial charge on any atom is -0.192 e. The monoisotopic (exact) mass is 355 g/mol. The van der Waals surface area contributed by atoms with Crippen LogP contribution in [0.4, 0.5) is 0 Å². The van der Waals surface area contributed by atoms with E-state index in [-0.39, 0.29) is 0 Å². The van der Waals surface area contributed by atoms with Gasteiger partial charge in [-0.3, -0.25) is 0 Å². The minimum atomic E-state index is 0.653. The first kappa shape index (κ1) is 17.3. The largest absolute Gasteiger partial charge is 0.192 e. The molecule has 0 aliphatic heterocycles. The van der Waals surface area contributed by atoms with Gasteiger partial charge in [-0.1, -0.05) is 90.7 Å². The summed E-state index contributed by atoms with van der Waals surface area (Å²) in [5.74, 6) is 6.71. The Bertz CT molecular complexity index is 1190. The van der Waals surface area contributed by atoms with Gasteiger partial charge in [0.15, 0.2) is 0 Å². The van der Waals surface area contributed by atoms with E-state index in [1.54, 1.807) is 0 Å². The zero-order chi connectivity index (χ0) is 19.2. The second-order valence-corrected chi connectivity index (χ2v) is 6.40. The van der Waals surface area contributed by atoms with Crippen LogP contribution in [-0.2, 0) is 0 Å². The summed E-state index contributed by atoms with van der Waals surface area (Å²) in [5, 5.41) is 9.08. The number of rotatable bonds is 2. The van der Waals surface area contributed by atoms with Gasteiger partial charge in [0.2, 0.25) is 0 Å². The highest BCUT2D eigenvalue weighted by molar-refractivity contribution is 5.83. The lowest BCUT2D eigenvalue weighted by Crippen LogP contribution is -1.90. The molecule has 0 aromatic heterocycles. The molecule has 0 radical (unpaired) electrons. The molecule has 0 saturated heterocycles. The summed E-state index contributed by atoms with van der Waals surface area (Å²) in [6.45, 7) is 0. The quantitative estimate of drug-likeness (QED) is 0.388. The molecule has 0 amide bonds. The van der Waals surface area contributed by atoms with Crippen molar-refractivity contribution < 1.29 is 0 Å². The fraction of sp³-hybridized carbons (Fsp3) is 0. The van der Waals surface area contributed by atoms with Gasteiger partial charge in [0.25, 0.3) is 0 Å². The molecular weight excluding hydrogens is 338 g/mol. The highest BCUT2D eigenvalue weighted by Gasteiger charge is 2.10. The third-order valence-corrected chi connectivity index (χ3v) is 4.58. The Labute approximate surface area is 165 Å². The number of nitrogens with zero attached hydrogens (tertiary/aromatic N) is 1. The minimum absolute atomic E-state index is 0.653. The van der Waals surface area contributed by atoms with E-state index >= 15 is 0 Å². The molecular formula is C27H17N. The molecule has 1 nitrogen and oxygen atoms in total. The van der Waals surface area contributed by atoms with E-state index in [1.165, 1.54) is 0 Å². The van der Waals surface area contributed by atoms with Crippen LogP contribution >= 0.6 is 0 Å². The average molecular weight is 355 g/mol. The molecule has 0 atom stereocenters. The van der Waals surface area contributed by atoms with E-state index < -0.39 is 0 Å². The summed E-state index contributed by atoms with van der Waals surface area (Å²) in [6, 6.07) is 36.4. The Morgan fingerprint density at radius 2 is 1.04 bits per heavy atom. The summed E-state index contributed by atoms with van der Waals surface area (Å²) < 4.78 is 0. The van der Waals surface area contributed by atoms with Crippen LogP contribution in [0.5, 0.6) is 0 Å². The maximum Gasteiger partial charge on any atom is 0.0991 e. The topological polar surface area (TPSA) is 23.8 Å². The summed E-state index contributed by atoms with van der Waals surface area (Å²) >= 11 is 0. The third kappa shape index (κ3) is 3.70. The molecule has 0 spiro atoms. The van der Waals surface area contributed by atoms with E-state index in [4.69, 9.17) is 5.26 Å². The SMILES string of the molecule is N#Cc1ccc(-c2cccc(-c3ccccc3)c2C#Cc2ccccc2)cc1. The average Bonchev–Trinajstić information content (AvgIpc) is 2.79. The lowest BCUT2D eigenvalue weighted by molar-refractivity contribution is 1.48. The highest BCUT2D eigenvalue weighted by atomic mass is 14.2. The molecule has 4 aromatic rings. The summed E-state index contributed by atoms with van der Waals surface area (Å²) in [6.07, 6.45) is 0. The van der Waals surface area contributed by atoms with E-state index in [0.717, 1.165) is 33.4 Å².